The quantitative estimate of drug-likeness (QED) is 0.643. The molecule has 1 atom stereocenters. The Morgan fingerprint density at radius 1 is 1.13 bits per heavy atom. The minimum atomic E-state index is -3.73. The summed E-state index contributed by atoms with van der Waals surface area (Å²) in [7, 11) is -3.73. The van der Waals surface area contributed by atoms with E-state index in [1.807, 2.05) is 0 Å². The van der Waals surface area contributed by atoms with Crippen molar-refractivity contribution in [2.75, 3.05) is 30.3 Å². The Hall–Kier alpha value is -2.81. The molecule has 9 heteroatoms. The number of aryl methyl sites for hydroxylation is 1. The van der Waals surface area contributed by atoms with E-state index >= 15 is 0 Å². The minimum Gasteiger partial charge on any atom is -0.486 e. The molecule has 0 bridgehead atoms. The van der Waals surface area contributed by atoms with E-state index in [0.717, 1.165) is 16.1 Å². The molecule has 0 saturated heterocycles. The van der Waals surface area contributed by atoms with E-state index in [1.54, 1.807) is 30.3 Å². The first-order valence-electron chi connectivity index (χ1n) is 9.67. The number of benzene rings is 2. The molecule has 0 spiro atoms. The third-order valence-electron chi connectivity index (χ3n) is 4.72. The van der Waals surface area contributed by atoms with Gasteiger partial charge in [0.25, 0.3) is 0 Å². The summed E-state index contributed by atoms with van der Waals surface area (Å²) in [5.41, 5.74) is 1.29. The molecule has 1 unspecified atom stereocenters. The zero-order valence-corrected chi connectivity index (χ0v) is 17.7. The summed E-state index contributed by atoms with van der Waals surface area (Å²) in [6.45, 7) is 2.71. The van der Waals surface area contributed by atoms with Gasteiger partial charge in [0.2, 0.25) is 15.9 Å². The average Bonchev–Trinajstić information content (AvgIpc) is 2.71. The fraction of sp³-hybridized carbons (Fsp3) is 0.381. The van der Waals surface area contributed by atoms with Gasteiger partial charge in [0.1, 0.15) is 25.1 Å². The molecule has 0 aliphatic carbocycles. The molecule has 0 aromatic heterocycles. The molecular weight excluding hydrogens is 411 g/mol. The lowest BCUT2D eigenvalue weighted by Crippen LogP contribution is -2.48. The lowest BCUT2D eigenvalue weighted by molar-refractivity contribution is -0.121. The summed E-state index contributed by atoms with van der Waals surface area (Å²) in [6.07, 6.45) is 2.38. The number of nitrogens with zero attached hydrogens (tertiary/aromatic N) is 1. The number of carbonyl (C=O) groups is 1. The van der Waals surface area contributed by atoms with Gasteiger partial charge in [-0.1, -0.05) is 12.1 Å². The predicted molar refractivity (Wildman–Crippen MR) is 112 cm³/mol. The molecule has 1 amide bonds. The fourth-order valence-electron chi connectivity index (χ4n) is 3.28. The number of ether oxygens (including phenoxy) is 2. The molecule has 1 aliphatic heterocycles. The van der Waals surface area contributed by atoms with Gasteiger partial charge in [-0.2, -0.15) is 0 Å². The van der Waals surface area contributed by atoms with Crippen molar-refractivity contribution in [3.8, 4) is 11.5 Å². The molecule has 2 aromatic carbocycles. The largest absolute Gasteiger partial charge is 0.486 e. The molecule has 1 N–H and O–H groups in total. The second kappa shape index (κ2) is 9.34. The van der Waals surface area contributed by atoms with Crippen LogP contribution in [-0.4, -0.2) is 46.4 Å². The van der Waals surface area contributed by atoms with Crippen molar-refractivity contribution in [3.05, 3.63) is 53.8 Å². The first kappa shape index (κ1) is 21.9. The molecule has 0 radical (unpaired) electrons. The Balaban J connectivity index is 1.64. The highest BCUT2D eigenvalue weighted by molar-refractivity contribution is 7.92. The minimum absolute atomic E-state index is 0.291. The first-order chi connectivity index (χ1) is 14.3. The molecule has 1 aliphatic rings. The van der Waals surface area contributed by atoms with Crippen LogP contribution in [0.15, 0.2) is 42.5 Å². The number of rotatable bonds is 8. The average molecular weight is 437 g/mol. The zero-order chi connectivity index (χ0) is 21.7. The smallest absolute Gasteiger partial charge is 0.243 e. The van der Waals surface area contributed by atoms with Crippen LogP contribution in [-0.2, 0) is 21.2 Å². The maximum absolute atomic E-state index is 12.9. The number of nitrogens with one attached hydrogen (secondary N) is 1. The summed E-state index contributed by atoms with van der Waals surface area (Å²) in [5.74, 6) is 0.283. The van der Waals surface area contributed by atoms with Crippen molar-refractivity contribution >= 4 is 21.6 Å². The maximum Gasteiger partial charge on any atom is 0.243 e. The highest BCUT2D eigenvalue weighted by Gasteiger charge is 2.30. The van der Waals surface area contributed by atoms with Gasteiger partial charge in [-0.05, 0) is 49.6 Å². The van der Waals surface area contributed by atoms with E-state index in [9.17, 15) is 17.6 Å². The van der Waals surface area contributed by atoms with Crippen LogP contribution < -0.4 is 19.1 Å². The standard InChI is InChI=1S/C21H25FN2O5S/c1-15(21(25)23-11-3-4-16-5-7-17(22)8-6-16)24(30(2,26)27)18-9-10-19-20(14-18)29-13-12-28-19/h5-10,14-15H,3-4,11-13H2,1-2H3,(H,23,25). The predicted octanol–water partition coefficient (Wildman–Crippen LogP) is 2.50. The van der Waals surface area contributed by atoms with Crippen LogP contribution in [0, 0.1) is 5.82 Å². The van der Waals surface area contributed by atoms with Crippen molar-refractivity contribution in [2.24, 2.45) is 0 Å². The Morgan fingerprint density at radius 2 is 1.80 bits per heavy atom. The highest BCUT2D eigenvalue weighted by atomic mass is 32.2. The molecule has 3 rings (SSSR count). The van der Waals surface area contributed by atoms with Crippen LogP contribution >= 0.6 is 0 Å². The summed E-state index contributed by atoms with van der Waals surface area (Å²) < 4.78 is 49.9. The summed E-state index contributed by atoms with van der Waals surface area (Å²) in [5, 5.41) is 2.77. The Labute approximate surface area is 175 Å². The summed E-state index contributed by atoms with van der Waals surface area (Å²) >= 11 is 0. The number of halogens is 1. The number of anilines is 1. The Kier molecular flexibility index (Phi) is 6.81. The molecule has 7 nitrogen and oxygen atoms in total. The lowest BCUT2D eigenvalue weighted by atomic mass is 10.1. The number of amides is 1. The third-order valence-corrected chi connectivity index (χ3v) is 5.97. The van der Waals surface area contributed by atoms with Gasteiger partial charge in [0.05, 0.1) is 11.9 Å². The van der Waals surface area contributed by atoms with E-state index < -0.39 is 22.0 Å². The fourth-order valence-corrected chi connectivity index (χ4v) is 4.45. The van der Waals surface area contributed by atoms with E-state index in [2.05, 4.69) is 5.32 Å². The van der Waals surface area contributed by atoms with Crippen molar-refractivity contribution in [1.29, 1.82) is 0 Å². The topological polar surface area (TPSA) is 84.9 Å². The maximum atomic E-state index is 12.9. The van der Waals surface area contributed by atoms with Crippen molar-refractivity contribution < 1.29 is 27.1 Å². The van der Waals surface area contributed by atoms with Crippen LogP contribution in [0.5, 0.6) is 11.5 Å². The number of carbonyl (C=O) groups excluding carboxylic acids is 1. The number of fused-ring (bicyclic) bond motifs is 1. The number of hydrogen-bond donors (Lipinski definition) is 1. The lowest BCUT2D eigenvalue weighted by Gasteiger charge is -2.29. The van der Waals surface area contributed by atoms with Crippen LogP contribution in [0.25, 0.3) is 0 Å². The van der Waals surface area contributed by atoms with Crippen LogP contribution in [0.1, 0.15) is 18.9 Å². The summed E-state index contributed by atoms with van der Waals surface area (Å²) in [6, 6.07) is 10.0. The molecular formula is C21H25FN2O5S. The molecule has 30 heavy (non-hydrogen) atoms. The second-order valence-electron chi connectivity index (χ2n) is 7.08. The van der Waals surface area contributed by atoms with E-state index in [4.69, 9.17) is 9.47 Å². The van der Waals surface area contributed by atoms with Gasteiger partial charge in [0.15, 0.2) is 11.5 Å². The first-order valence-corrected chi connectivity index (χ1v) is 11.5. The van der Waals surface area contributed by atoms with Gasteiger partial charge in [-0.25, -0.2) is 12.8 Å². The molecule has 2 aromatic rings. The van der Waals surface area contributed by atoms with Gasteiger partial charge in [-0.15, -0.1) is 0 Å². The van der Waals surface area contributed by atoms with Crippen LogP contribution in [0.2, 0.25) is 0 Å². The molecule has 0 fully saturated rings. The molecule has 0 saturated carbocycles. The highest BCUT2D eigenvalue weighted by Crippen LogP contribution is 2.35. The van der Waals surface area contributed by atoms with E-state index in [1.165, 1.54) is 19.1 Å². The van der Waals surface area contributed by atoms with Crippen LogP contribution in [0.3, 0.4) is 0 Å². The van der Waals surface area contributed by atoms with E-state index in [-0.39, 0.29) is 5.82 Å². The van der Waals surface area contributed by atoms with Crippen molar-refractivity contribution in [3.63, 3.8) is 0 Å². The van der Waals surface area contributed by atoms with Crippen molar-refractivity contribution in [1.82, 2.24) is 5.32 Å². The SMILES string of the molecule is CC(C(=O)NCCCc1ccc(F)cc1)N(c1ccc2c(c1)OCCO2)S(C)(=O)=O. The molecule has 1 heterocycles. The summed E-state index contributed by atoms with van der Waals surface area (Å²) in [4.78, 5) is 12.6. The number of hydrogen-bond acceptors (Lipinski definition) is 5. The third kappa shape index (κ3) is 5.41. The van der Waals surface area contributed by atoms with Gasteiger partial charge in [0, 0.05) is 12.6 Å². The Morgan fingerprint density at radius 3 is 2.47 bits per heavy atom. The molecule has 162 valence electrons. The van der Waals surface area contributed by atoms with Crippen LogP contribution in [0.4, 0.5) is 10.1 Å². The van der Waals surface area contributed by atoms with Gasteiger partial charge < -0.3 is 14.8 Å². The zero-order valence-electron chi connectivity index (χ0n) is 16.9. The number of sulfonamides is 1. The van der Waals surface area contributed by atoms with Crippen molar-refractivity contribution in [2.45, 2.75) is 25.8 Å². The van der Waals surface area contributed by atoms with Gasteiger partial charge >= 0.3 is 0 Å². The van der Waals surface area contributed by atoms with Gasteiger partial charge in [-0.3, -0.25) is 9.10 Å². The Bertz CT molecular complexity index is 995. The van der Waals surface area contributed by atoms with E-state index in [0.29, 0.717) is 49.8 Å². The second-order valence-corrected chi connectivity index (χ2v) is 8.94. The monoisotopic (exact) mass is 436 g/mol. The normalized spacial score (nSPS) is 14.1.